The topological polar surface area (TPSA) is 29.9 Å². The minimum absolute atomic E-state index is 0.107. The van der Waals surface area contributed by atoms with E-state index in [1.165, 1.54) is 12.1 Å². The monoisotopic (exact) mass is 281 g/mol. The van der Waals surface area contributed by atoms with E-state index >= 15 is 0 Å². The van der Waals surface area contributed by atoms with Gasteiger partial charge in [-0.15, -0.1) is 0 Å². The third-order valence-electron chi connectivity index (χ3n) is 3.03. The quantitative estimate of drug-likeness (QED) is 0.822. The molecule has 1 atom stereocenters. The number of benzene rings is 1. The summed E-state index contributed by atoms with van der Waals surface area (Å²) in [7, 11) is 0. The van der Waals surface area contributed by atoms with Crippen molar-refractivity contribution in [3.8, 4) is 0 Å². The molecule has 1 N–H and O–H groups in total. The highest BCUT2D eigenvalue weighted by Gasteiger charge is 2.09. The summed E-state index contributed by atoms with van der Waals surface area (Å²) in [5.41, 5.74) is 0.922. The molecule has 0 amide bonds. The molecule has 2 rings (SSSR count). The molecule has 0 aliphatic rings. The minimum atomic E-state index is -0.305. The van der Waals surface area contributed by atoms with Crippen molar-refractivity contribution in [1.82, 2.24) is 14.9 Å². The van der Waals surface area contributed by atoms with Crippen LogP contribution in [0.2, 0.25) is 5.02 Å². The van der Waals surface area contributed by atoms with Gasteiger partial charge in [0.05, 0.1) is 6.33 Å². The second-order valence-electron chi connectivity index (χ2n) is 4.50. The van der Waals surface area contributed by atoms with Gasteiger partial charge in [0.2, 0.25) is 0 Å². The van der Waals surface area contributed by atoms with Gasteiger partial charge in [-0.1, -0.05) is 17.7 Å². The normalized spacial score (nSPS) is 12.6. The Kier molecular flexibility index (Phi) is 4.93. The Bertz CT molecular complexity index is 513. The van der Waals surface area contributed by atoms with Crippen molar-refractivity contribution in [3.63, 3.8) is 0 Å². The molecule has 0 bridgehead atoms. The van der Waals surface area contributed by atoms with Gasteiger partial charge in [-0.2, -0.15) is 0 Å². The first-order chi connectivity index (χ1) is 9.16. The van der Waals surface area contributed by atoms with Gasteiger partial charge in [0.25, 0.3) is 0 Å². The summed E-state index contributed by atoms with van der Waals surface area (Å²) in [4.78, 5) is 3.99. The molecule has 0 spiro atoms. The number of aromatic nitrogens is 2. The Labute approximate surface area is 117 Å². The van der Waals surface area contributed by atoms with E-state index in [1.807, 2.05) is 17.7 Å². The molecule has 0 aliphatic carbocycles. The summed E-state index contributed by atoms with van der Waals surface area (Å²) in [5, 5.41) is 3.85. The molecule has 0 fully saturated rings. The molecule has 2 aromatic rings. The molecule has 1 unspecified atom stereocenters. The van der Waals surface area contributed by atoms with Gasteiger partial charge < -0.3 is 9.88 Å². The average Bonchev–Trinajstić information content (AvgIpc) is 2.87. The molecule has 0 saturated heterocycles. The summed E-state index contributed by atoms with van der Waals surface area (Å²) in [5.74, 6) is -0.305. The van der Waals surface area contributed by atoms with E-state index < -0.39 is 0 Å². The van der Waals surface area contributed by atoms with Crippen molar-refractivity contribution in [2.24, 2.45) is 0 Å². The van der Waals surface area contributed by atoms with E-state index in [1.54, 1.807) is 18.6 Å². The maximum absolute atomic E-state index is 13.0. The third kappa shape index (κ3) is 4.04. The minimum Gasteiger partial charge on any atom is -0.337 e. The molecule has 19 heavy (non-hydrogen) atoms. The molecule has 102 valence electrons. The van der Waals surface area contributed by atoms with E-state index in [4.69, 9.17) is 11.6 Å². The van der Waals surface area contributed by atoms with Gasteiger partial charge in [0.1, 0.15) is 5.82 Å². The van der Waals surface area contributed by atoms with Crippen LogP contribution in [0.25, 0.3) is 0 Å². The predicted octanol–water partition coefficient (Wildman–Crippen LogP) is 3.42. The standard InChI is InChI=1S/C14H17ClFN3/c1-11(13-4-3-12(16)9-14(13)15)18-5-2-7-19-8-6-17-10-19/h3-4,6,8-11,18H,2,5,7H2,1H3. The molecule has 0 aliphatic heterocycles. The lowest BCUT2D eigenvalue weighted by atomic mass is 10.1. The van der Waals surface area contributed by atoms with Crippen molar-refractivity contribution >= 4 is 11.6 Å². The van der Waals surface area contributed by atoms with Gasteiger partial charge in [-0.25, -0.2) is 9.37 Å². The van der Waals surface area contributed by atoms with Crippen molar-refractivity contribution in [3.05, 3.63) is 53.3 Å². The Morgan fingerprint density at radius 1 is 1.47 bits per heavy atom. The van der Waals surface area contributed by atoms with E-state index in [-0.39, 0.29) is 11.9 Å². The van der Waals surface area contributed by atoms with Gasteiger partial charge in [-0.05, 0) is 37.6 Å². The van der Waals surface area contributed by atoms with Crippen LogP contribution in [-0.4, -0.2) is 16.1 Å². The summed E-state index contributed by atoms with van der Waals surface area (Å²) in [6.45, 7) is 3.82. The predicted molar refractivity (Wildman–Crippen MR) is 74.7 cm³/mol. The second-order valence-corrected chi connectivity index (χ2v) is 4.90. The average molecular weight is 282 g/mol. The highest BCUT2D eigenvalue weighted by atomic mass is 35.5. The lowest BCUT2D eigenvalue weighted by Crippen LogP contribution is -2.21. The number of halogens is 2. The number of nitrogens with zero attached hydrogens (tertiary/aromatic N) is 2. The fraction of sp³-hybridized carbons (Fsp3) is 0.357. The van der Waals surface area contributed by atoms with Crippen molar-refractivity contribution in [2.75, 3.05) is 6.54 Å². The number of rotatable bonds is 6. The zero-order valence-corrected chi connectivity index (χ0v) is 11.6. The number of nitrogens with one attached hydrogen (secondary N) is 1. The lowest BCUT2D eigenvalue weighted by Gasteiger charge is -2.15. The van der Waals surface area contributed by atoms with Crippen LogP contribution in [0.1, 0.15) is 24.9 Å². The zero-order chi connectivity index (χ0) is 13.7. The van der Waals surface area contributed by atoms with Crippen LogP contribution in [0.15, 0.2) is 36.9 Å². The Hall–Kier alpha value is -1.39. The summed E-state index contributed by atoms with van der Waals surface area (Å²) in [6, 6.07) is 4.62. The Morgan fingerprint density at radius 2 is 2.32 bits per heavy atom. The molecule has 1 aromatic heterocycles. The molecule has 0 radical (unpaired) electrons. The van der Waals surface area contributed by atoms with Crippen LogP contribution in [0.4, 0.5) is 4.39 Å². The van der Waals surface area contributed by atoms with Crippen LogP contribution in [-0.2, 0) is 6.54 Å². The van der Waals surface area contributed by atoms with E-state index in [2.05, 4.69) is 10.3 Å². The van der Waals surface area contributed by atoms with Crippen LogP contribution < -0.4 is 5.32 Å². The molecule has 0 saturated carbocycles. The van der Waals surface area contributed by atoms with Crippen molar-refractivity contribution in [2.45, 2.75) is 25.9 Å². The maximum atomic E-state index is 13.0. The molecule has 1 aromatic carbocycles. The van der Waals surface area contributed by atoms with Gasteiger partial charge >= 0.3 is 0 Å². The van der Waals surface area contributed by atoms with Crippen LogP contribution in [0.3, 0.4) is 0 Å². The number of aryl methyl sites for hydroxylation is 1. The van der Waals surface area contributed by atoms with Crippen molar-refractivity contribution < 1.29 is 4.39 Å². The highest BCUT2D eigenvalue weighted by molar-refractivity contribution is 6.31. The summed E-state index contributed by atoms with van der Waals surface area (Å²) >= 11 is 6.03. The number of hydrogen-bond acceptors (Lipinski definition) is 2. The first-order valence-electron chi connectivity index (χ1n) is 6.31. The molecular weight excluding hydrogens is 265 g/mol. The van der Waals surface area contributed by atoms with E-state index in [0.717, 1.165) is 25.1 Å². The fourth-order valence-corrected chi connectivity index (χ4v) is 2.29. The highest BCUT2D eigenvalue weighted by Crippen LogP contribution is 2.23. The summed E-state index contributed by atoms with van der Waals surface area (Å²) < 4.78 is 15.0. The van der Waals surface area contributed by atoms with Gasteiger partial charge in [0, 0.05) is 30.0 Å². The molecular formula is C14H17ClFN3. The largest absolute Gasteiger partial charge is 0.337 e. The van der Waals surface area contributed by atoms with E-state index in [9.17, 15) is 4.39 Å². The van der Waals surface area contributed by atoms with Crippen LogP contribution in [0, 0.1) is 5.82 Å². The Balaban J connectivity index is 1.79. The first kappa shape index (κ1) is 14.0. The van der Waals surface area contributed by atoms with Crippen molar-refractivity contribution in [1.29, 1.82) is 0 Å². The smallest absolute Gasteiger partial charge is 0.124 e. The van der Waals surface area contributed by atoms with E-state index in [0.29, 0.717) is 5.02 Å². The fourth-order valence-electron chi connectivity index (χ4n) is 1.96. The lowest BCUT2D eigenvalue weighted by molar-refractivity contribution is 0.525. The van der Waals surface area contributed by atoms with Crippen LogP contribution in [0.5, 0.6) is 0 Å². The molecule has 1 heterocycles. The zero-order valence-electron chi connectivity index (χ0n) is 10.8. The second kappa shape index (κ2) is 6.68. The Morgan fingerprint density at radius 3 is 3.00 bits per heavy atom. The molecule has 5 heteroatoms. The number of imidazole rings is 1. The molecule has 3 nitrogen and oxygen atoms in total. The third-order valence-corrected chi connectivity index (χ3v) is 3.36. The first-order valence-corrected chi connectivity index (χ1v) is 6.68. The SMILES string of the molecule is CC(NCCCn1ccnc1)c1ccc(F)cc1Cl. The maximum Gasteiger partial charge on any atom is 0.124 e. The summed E-state index contributed by atoms with van der Waals surface area (Å²) in [6.07, 6.45) is 6.52. The number of hydrogen-bond donors (Lipinski definition) is 1. The van der Waals surface area contributed by atoms with Gasteiger partial charge in [0.15, 0.2) is 0 Å². The van der Waals surface area contributed by atoms with Crippen LogP contribution >= 0.6 is 11.6 Å². The van der Waals surface area contributed by atoms with Gasteiger partial charge in [-0.3, -0.25) is 0 Å².